The second kappa shape index (κ2) is 6.62. The molecule has 0 saturated heterocycles. The molecule has 0 aliphatic heterocycles. The van der Waals surface area contributed by atoms with Crippen LogP contribution in [-0.4, -0.2) is 16.1 Å². The maximum Gasteiger partial charge on any atom is 0.573 e. The maximum atomic E-state index is 12.3. The van der Waals surface area contributed by atoms with E-state index in [1.54, 1.807) is 12.1 Å². The van der Waals surface area contributed by atoms with Gasteiger partial charge in [-0.05, 0) is 38.5 Å². The molecule has 4 nitrogen and oxygen atoms in total. The summed E-state index contributed by atoms with van der Waals surface area (Å²) in [6, 6.07) is 6.01. The topological polar surface area (TPSA) is 39.1 Å². The number of hydrogen-bond donors (Lipinski definition) is 1. The Bertz CT molecular complexity index is 680. The molecule has 0 aliphatic carbocycles. The molecule has 0 aliphatic rings. The van der Waals surface area contributed by atoms with Crippen molar-refractivity contribution in [3.05, 3.63) is 46.8 Å². The fraction of sp³-hybridized carbons (Fsp3) is 0.438. The SMILES string of the molecule is Cc1nn(C)c(C)c1C(C)NCc1cccc(OC(F)(F)F)c1. The highest BCUT2D eigenvalue weighted by Crippen LogP contribution is 2.24. The molecule has 1 aromatic heterocycles. The minimum Gasteiger partial charge on any atom is -0.406 e. The Hall–Kier alpha value is -2.02. The number of aromatic nitrogens is 2. The molecule has 7 heteroatoms. The van der Waals surface area contributed by atoms with Gasteiger partial charge in [-0.2, -0.15) is 5.10 Å². The van der Waals surface area contributed by atoms with Gasteiger partial charge in [0.05, 0.1) is 5.69 Å². The third-order valence-electron chi connectivity index (χ3n) is 3.74. The maximum absolute atomic E-state index is 12.3. The molecule has 0 saturated carbocycles. The second-order valence-electron chi connectivity index (χ2n) is 5.51. The summed E-state index contributed by atoms with van der Waals surface area (Å²) >= 11 is 0. The molecule has 1 N–H and O–H groups in total. The second-order valence-corrected chi connectivity index (χ2v) is 5.51. The summed E-state index contributed by atoms with van der Waals surface area (Å²) in [6.07, 6.45) is -4.68. The number of halogens is 3. The monoisotopic (exact) mass is 327 g/mol. The van der Waals surface area contributed by atoms with Crippen LogP contribution in [0.3, 0.4) is 0 Å². The van der Waals surface area contributed by atoms with E-state index in [2.05, 4.69) is 15.2 Å². The third kappa shape index (κ3) is 4.48. The van der Waals surface area contributed by atoms with E-state index >= 15 is 0 Å². The Morgan fingerprint density at radius 1 is 1.30 bits per heavy atom. The first-order chi connectivity index (χ1) is 10.7. The van der Waals surface area contributed by atoms with Crippen molar-refractivity contribution in [1.82, 2.24) is 15.1 Å². The minimum atomic E-state index is -4.68. The first kappa shape index (κ1) is 17.3. The van der Waals surface area contributed by atoms with Crippen molar-refractivity contribution >= 4 is 0 Å². The zero-order chi connectivity index (χ0) is 17.2. The Kier molecular flexibility index (Phi) is 4.99. The van der Waals surface area contributed by atoms with Crippen molar-refractivity contribution in [2.75, 3.05) is 0 Å². The van der Waals surface area contributed by atoms with Gasteiger partial charge in [0.2, 0.25) is 0 Å². The van der Waals surface area contributed by atoms with Gasteiger partial charge in [-0.3, -0.25) is 4.68 Å². The van der Waals surface area contributed by atoms with E-state index in [-0.39, 0.29) is 11.8 Å². The molecule has 23 heavy (non-hydrogen) atoms. The lowest BCUT2D eigenvalue weighted by atomic mass is 10.1. The van der Waals surface area contributed by atoms with Crippen molar-refractivity contribution in [2.24, 2.45) is 7.05 Å². The van der Waals surface area contributed by atoms with Crippen LogP contribution >= 0.6 is 0 Å². The average Bonchev–Trinajstić information content (AvgIpc) is 2.68. The van der Waals surface area contributed by atoms with Crippen molar-refractivity contribution in [2.45, 2.75) is 39.7 Å². The number of nitrogens with one attached hydrogen (secondary N) is 1. The molecule has 1 atom stereocenters. The summed E-state index contributed by atoms with van der Waals surface area (Å²) < 4.78 is 42.5. The fourth-order valence-corrected chi connectivity index (χ4v) is 2.64. The van der Waals surface area contributed by atoms with Crippen LogP contribution in [0.1, 0.15) is 35.5 Å². The van der Waals surface area contributed by atoms with Crippen LogP contribution in [0.15, 0.2) is 24.3 Å². The van der Waals surface area contributed by atoms with Gasteiger partial charge < -0.3 is 10.1 Å². The standard InChI is InChI=1S/C16H20F3N3O/c1-10(15-11(2)21-22(4)12(15)3)20-9-13-6-5-7-14(8-13)23-16(17,18)19/h5-8,10,20H,9H2,1-4H3. The number of hydrogen-bond acceptors (Lipinski definition) is 3. The zero-order valence-electron chi connectivity index (χ0n) is 13.5. The molecule has 0 bridgehead atoms. The Balaban J connectivity index is 2.04. The lowest BCUT2D eigenvalue weighted by molar-refractivity contribution is -0.274. The summed E-state index contributed by atoms with van der Waals surface area (Å²) in [5.41, 5.74) is 3.84. The van der Waals surface area contributed by atoms with Crippen LogP contribution in [0.4, 0.5) is 13.2 Å². The highest BCUT2D eigenvalue weighted by Gasteiger charge is 2.31. The average molecular weight is 327 g/mol. The summed E-state index contributed by atoms with van der Waals surface area (Å²) in [7, 11) is 1.89. The van der Waals surface area contributed by atoms with Crippen LogP contribution in [0, 0.1) is 13.8 Å². The lowest BCUT2D eigenvalue weighted by Gasteiger charge is -2.15. The van der Waals surface area contributed by atoms with E-state index in [0.29, 0.717) is 6.54 Å². The summed E-state index contributed by atoms with van der Waals surface area (Å²) in [4.78, 5) is 0. The van der Waals surface area contributed by atoms with Gasteiger partial charge in [0, 0.05) is 30.9 Å². The van der Waals surface area contributed by atoms with Crippen molar-refractivity contribution in [1.29, 1.82) is 0 Å². The van der Waals surface area contributed by atoms with Crippen LogP contribution in [0.5, 0.6) is 5.75 Å². The fourth-order valence-electron chi connectivity index (χ4n) is 2.64. The molecule has 1 unspecified atom stereocenters. The van der Waals surface area contributed by atoms with Gasteiger partial charge in [0.25, 0.3) is 0 Å². The van der Waals surface area contributed by atoms with E-state index in [0.717, 1.165) is 22.5 Å². The molecule has 0 spiro atoms. The van der Waals surface area contributed by atoms with Gasteiger partial charge in [0.15, 0.2) is 0 Å². The van der Waals surface area contributed by atoms with E-state index < -0.39 is 6.36 Å². The molecular weight excluding hydrogens is 307 g/mol. The molecule has 126 valence electrons. The van der Waals surface area contributed by atoms with Gasteiger partial charge in [0.1, 0.15) is 5.75 Å². The van der Waals surface area contributed by atoms with Crippen molar-refractivity contribution < 1.29 is 17.9 Å². The van der Waals surface area contributed by atoms with Crippen LogP contribution in [-0.2, 0) is 13.6 Å². The summed E-state index contributed by atoms with van der Waals surface area (Å²) in [6.45, 7) is 6.38. The van der Waals surface area contributed by atoms with Gasteiger partial charge in [-0.25, -0.2) is 0 Å². The number of rotatable bonds is 5. The summed E-state index contributed by atoms with van der Waals surface area (Å²) in [5, 5.41) is 7.68. The van der Waals surface area contributed by atoms with Crippen LogP contribution < -0.4 is 10.1 Å². The van der Waals surface area contributed by atoms with E-state index in [1.807, 2.05) is 32.5 Å². The smallest absolute Gasteiger partial charge is 0.406 e. The van der Waals surface area contributed by atoms with Crippen molar-refractivity contribution in [3.63, 3.8) is 0 Å². The number of nitrogens with zero attached hydrogens (tertiary/aromatic N) is 2. The first-order valence-corrected chi connectivity index (χ1v) is 7.25. The van der Waals surface area contributed by atoms with Crippen LogP contribution in [0.2, 0.25) is 0 Å². The predicted molar refractivity (Wildman–Crippen MR) is 81.1 cm³/mol. The molecule has 0 radical (unpaired) electrons. The Morgan fingerprint density at radius 3 is 2.57 bits per heavy atom. The third-order valence-corrected chi connectivity index (χ3v) is 3.74. The lowest BCUT2D eigenvalue weighted by Crippen LogP contribution is -2.20. The molecule has 1 aromatic carbocycles. The Labute approximate surface area is 133 Å². The highest BCUT2D eigenvalue weighted by molar-refractivity contribution is 5.30. The van der Waals surface area contributed by atoms with E-state index in [4.69, 9.17) is 0 Å². The number of benzene rings is 1. The van der Waals surface area contributed by atoms with Crippen molar-refractivity contribution in [3.8, 4) is 5.75 Å². The minimum absolute atomic E-state index is 0.0379. The summed E-state index contributed by atoms with van der Waals surface area (Å²) in [5.74, 6) is -0.210. The number of aryl methyl sites for hydroxylation is 2. The highest BCUT2D eigenvalue weighted by atomic mass is 19.4. The molecule has 1 heterocycles. The number of ether oxygens (including phenoxy) is 1. The number of alkyl halides is 3. The molecule has 0 amide bonds. The molecular formula is C16H20F3N3O. The predicted octanol–water partition coefficient (Wildman–Crippen LogP) is 3.79. The quantitative estimate of drug-likeness (QED) is 0.908. The normalized spacial score (nSPS) is 13.2. The largest absolute Gasteiger partial charge is 0.573 e. The van der Waals surface area contributed by atoms with E-state index in [1.165, 1.54) is 12.1 Å². The van der Waals surface area contributed by atoms with E-state index in [9.17, 15) is 13.2 Å². The van der Waals surface area contributed by atoms with Gasteiger partial charge >= 0.3 is 6.36 Å². The van der Waals surface area contributed by atoms with Crippen LogP contribution in [0.25, 0.3) is 0 Å². The Morgan fingerprint density at radius 2 is 2.00 bits per heavy atom. The molecule has 2 aromatic rings. The van der Waals surface area contributed by atoms with Gasteiger partial charge in [-0.15, -0.1) is 13.2 Å². The molecule has 0 fully saturated rings. The zero-order valence-corrected chi connectivity index (χ0v) is 13.5. The van der Waals surface area contributed by atoms with Gasteiger partial charge in [-0.1, -0.05) is 12.1 Å². The first-order valence-electron chi connectivity index (χ1n) is 7.25. The molecule has 2 rings (SSSR count).